The lowest BCUT2D eigenvalue weighted by Crippen LogP contribution is -2.27. The number of benzene rings is 1. The molecule has 0 atom stereocenters. The minimum absolute atomic E-state index is 0.0906. The van der Waals surface area contributed by atoms with Crippen LogP contribution < -0.4 is 4.90 Å². The van der Waals surface area contributed by atoms with Crippen molar-refractivity contribution >= 4 is 34.9 Å². The third kappa shape index (κ3) is 4.52. The molecule has 0 bridgehead atoms. The van der Waals surface area contributed by atoms with Crippen molar-refractivity contribution in [3.05, 3.63) is 63.8 Å². The second-order valence-electron chi connectivity index (χ2n) is 7.73. The number of amides is 2. The summed E-state index contributed by atoms with van der Waals surface area (Å²) in [5.41, 5.74) is 6.80. The molecule has 1 aromatic heterocycles. The van der Waals surface area contributed by atoms with Crippen LogP contribution in [0.1, 0.15) is 72.3 Å². The van der Waals surface area contributed by atoms with Crippen molar-refractivity contribution in [2.75, 3.05) is 11.4 Å². The first-order valence-corrected chi connectivity index (χ1v) is 11.4. The summed E-state index contributed by atoms with van der Waals surface area (Å²) in [5, 5.41) is 0. The van der Waals surface area contributed by atoms with Crippen LogP contribution in [0.15, 0.2) is 35.9 Å². The highest BCUT2D eigenvalue weighted by molar-refractivity contribution is 6.27. The number of carbonyl (C=O) groups excluding carboxylic acids is 2. The Bertz CT molecular complexity index is 1030. The Labute approximate surface area is 189 Å². The maximum Gasteiger partial charge on any atom is 0.273 e. The zero-order chi connectivity index (χ0) is 22.7. The van der Waals surface area contributed by atoms with E-state index in [0.29, 0.717) is 30.5 Å². The Kier molecular flexibility index (Phi) is 7.16. The highest BCUT2D eigenvalue weighted by Crippen LogP contribution is 2.46. The molecule has 2 heterocycles. The first-order chi connectivity index (χ1) is 14.9. The van der Waals surface area contributed by atoms with Crippen LogP contribution in [0.4, 0.5) is 11.5 Å². The predicted octanol–water partition coefficient (Wildman–Crippen LogP) is 5.99. The molecule has 0 saturated heterocycles. The van der Waals surface area contributed by atoms with E-state index in [9.17, 15) is 9.59 Å². The van der Waals surface area contributed by atoms with Gasteiger partial charge in [-0.2, -0.15) is 0 Å². The van der Waals surface area contributed by atoms with Gasteiger partial charge < -0.3 is 4.90 Å². The monoisotopic (exact) mass is 439 g/mol. The molecule has 0 radical (unpaired) electrons. The number of aryl methyl sites for hydroxylation is 2. The van der Waals surface area contributed by atoms with E-state index in [1.807, 2.05) is 45.9 Å². The summed E-state index contributed by atoms with van der Waals surface area (Å²) >= 11 is 5.73. The Morgan fingerprint density at radius 1 is 1.23 bits per heavy atom. The van der Waals surface area contributed by atoms with Crippen LogP contribution in [0.2, 0.25) is 0 Å². The fourth-order valence-corrected chi connectivity index (χ4v) is 3.93. The van der Waals surface area contributed by atoms with Crippen molar-refractivity contribution in [2.45, 2.75) is 59.9 Å². The van der Waals surface area contributed by atoms with Crippen LogP contribution in [-0.4, -0.2) is 28.2 Å². The number of hydrogen-bond acceptors (Lipinski definition) is 3. The molecule has 0 unspecified atom stereocenters. The molecule has 0 N–H and O–H groups in total. The lowest BCUT2D eigenvalue weighted by atomic mass is 9.99. The first-order valence-electron chi connectivity index (χ1n) is 11.0. The van der Waals surface area contributed by atoms with Crippen molar-refractivity contribution in [3.63, 3.8) is 0 Å². The molecule has 5 nitrogen and oxygen atoms in total. The summed E-state index contributed by atoms with van der Waals surface area (Å²) in [6.07, 6.45) is 3.55. The van der Waals surface area contributed by atoms with Crippen LogP contribution in [-0.2, 0) is 11.3 Å². The van der Waals surface area contributed by atoms with Gasteiger partial charge >= 0.3 is 0 Å². The predicted molar refractivity (Wildman–Crippen MR) is 126 cm³/mol. The summed E-state index contributed by atoms with van der Waals surface area (Å²) in [7, 11) is 0. The average Bonchev–Trinajstić information content (AvgIpc) is 3.56. The zero-order valence-electron chi connectivity index (χ0n) is 18.9. The first kappa shape index (κ1) is 23.0. The van der Waals surface area contributed by atoms with Crippen LogP contribution in [0.3, 0.4) is 0 Å². The summed E-state index contributed by atoms with van der Waals surface area (Å²) in [4.78, 5) is 33.7. The highest BCUT2D eigenvalue weighted by Gasteiger charge is 2.33. The van der Waals surface area contributed by atoms with Gasteiger partial charge in [-0.25, -0.2) is 4.98 Å². The average molecular weight is 440 g/mol. The molecule has 1 aliphatic heterocycles. The van der Waals surface area contributed by atoms with Crippen LogP contribution in [0.5, 0.6) is 0 Å². The largest absolute Gasteiger partial charge is 0.333 e. The number of pyridine rings is 1. The number of anilines is 2. The molecule has 2 amide bonds. The Hall–Kier alpha value is -2.66. The van der Waals surface area contributed by atoms with E-state index in [-0.39, 0.29) is 11.8 Å². The highest BCUT2D eigenvalue weighted by atomic mass is 35.5. The molecule has 1 saturated carbocycles. The quantitative estimate of drug-likeness (QED) is 0.537. The fourth-order valence-electron chi connectivity index (χ4n) is 3.82. The van der Waals surface area contributed by atoms with Gasteiger partial charge in [0.25, 0.3) is 11.8 Å². The van der Waals surface area contributed by atoms with Crippen molar-refractivity contribution in [2.24, 2.45) is 0 Å². The molecule has 1 aliphatic carbocycles. The molecular formula is C25H30ClN3O2. The molecule has 6 heteroatoms. The van der Waals surface area contributed by atoms with Gasteiger partial charge in [0, 0.05) is 30.3 Å². The topological polar surface area (TPSA) is 53.5 Å². The van der Waals surface area contributed by atoms with Gasteiger partial charge in [0.15, 0.2) is 0 Å². The molecule has 2 aromatic rings. The maximum absolute atomic E-state index is 13.1. The summed E-state index contributed by atoms with van der Waals surface area (Å²) < 4.78 is 0. The molecular weight excluding hydrogens is 410 g/mol. The third-order valence-corrected chi connectivity index (χ3v) is 5.88. The van der Waals surface area contributed by atoms with Gasteiger partial charge in [0.2, 0.25) is 0 Å². The maximum atomic E-state index is 13.1. The Balaban J connectivity index is 0.00000132. The molecule has 0 spiro atoms. The second-order valence-corrected chi connectivity index (χ2v) is 7.98. The number of rotatable bonds is 5. The number of fused-ring (bicyclic) bond motifs is 1. The van der Waals surface area contributed by atoms with Gasteiger partial charge in [0.1, 0.15) is 11.5 Å². The molecule has 164 valence electrons. The van der Waals surface area contributed by atoms with Crippen LogP contribution in [0, 0.1) is 13.8 Å². The zero-order valence-corrected chi connectivity index (χ0v) is 19.7. The lowest BCUT2D eigenvalue weighted by Gasteiger charge is -2.25. The number of carbonyl (C=O) groups is 2. The summed E-state index contributed by atoms with van der Waals surface area (Å²) in [6, 6.07) is 7.92. The third-order valence-electron chi connectivity index (χ3n) is 5.75. The standard InChI is InChI=1S/C23H24ClN3O2.C2H6/c1-4-26-13-17-7-8-20(25-22(17)23(26)29)27(21(28)9-10-24)19-12-15(3)14(2)11-18(19)16-5-6-16;1-2/h7-12,16H,4-6,13H2,1-3H3;1-2H3/b10-9-;. The molecule has 31 heavy (non-hydrogen) atoms. The van der Waals surface area contributed by atoms with E-state index in [0.717, 1.165) is 35.2 Å². The van der Waals surface area contributed by atoms with Crippen molar-refractivity contribution in [1.82, 2.24) is 9.88 Å². The van der Waals surface area contributed by atoms with E-state index < -0.39 is 0 Å². The van der Waals surface area contributed by atoms with E-state index in [2.05, 4.69) is 18.0 Å². The summed E-state index contributed by atoms with van der Waals surface area (Å²) in [5.74, 6) is 0.522. The smallest absolute Gasteiger partial charge is 0.273 e. The van der Waals surface area contributed by atoms with Crippen LogP contribution in [0.25, 0.3) is 0 Å². The van der Waals surface area contributed by atoms with Crippen molar-refractivity contribution in [1.29, 1.82) is 0 Å². The molecule has 2 aliphatic rings. The van der Waals surface area contributed by atoms with E-state index in [1.54, 1.807) is 9.80 Å². The SMILES string of the molecule is CC.CCN1Cc2ccc(N(C(=O)/C=C\Cl)c3cc(C)c(C)cc3C3CC3)nc2C1=O. The second kappa shape index (κ2) is 9.65. The fraction of sp³-hybridized carbons (Fsp3) is 0.400. The van der Waals surface area contributed by atoms with Gasteiger partial charge in [-0.05, 0) is 68.4 Å². The molecule has 4 rings (SSSR count). The van der Waals surface area contributed by atoms with Crippen molar-refractivity contribution in [3.8, 4) is 0 Å². The number of hydrogen-bond donors (Lipinski definition) is 0. The van der Waals surface area contributed by atoms with Crippen LogP contribution >= 0.6 is 11.6 Å². The van der Waals surface area contributed by atoms with E-state index in [1.165, 1.54) is 17.2 Å². The van der Waals surface area contributed by atoms with Gasteiger partial charge in [0.05, 0.1) is 5.69 Å². The number of aromatic nitrogens is 1. The van der Waals surface area contributed by atoms with E-state index >= 15 is 0 Å². The minimum atomic E-state index is -0.282. The normalized spacial score (nSPS) is 15.0. The minimum Gasteiger partial charge on any atom is -0.333 e. The van der Waals surface area contributed by atoms with Gasteiger partial charge in [-0.1, -0.05) is 37.6 Å². The van der Waals surface area contributed by atoms with Crippen molar-refractivity contribution < 1.29 is 9.59 Å². The number of halogens is 1. The van der Waals surface area contributed by atoms with E-state index in [4.69, 9.17) is 11.6 Å². The summed E-state index contributed by atoms with van der Waals surface area (Å²) in [6.45, 7) is 11.3. The van der Waals surface area contributed by atoms with Gasteiger partial charge in [-0.15, -0.1) is 0 Å². The lowest BCUT2D eigenvalue weighted by molar-refractivity contribution is -0.113. The molecule has 1 aromatic carbocycles. The Morgan fingerprint density at radius 3 is 2.52 bits per heavy atom. The Morgan fingerprint density at radius 2 is 1.90 bits per heavy atom. The van der Waals surface area contributed by atoms with Gasteiger partial charge in [-0.3, -0.25) is 14.5 Å². The number of nitrogens with zero attached hydrogens (tertiary/aromatic N) is 3. The molecule has 1 fully saturated rings.